The van der Waals surface area contributed by atoms with Gasteiger partial charge in [-0.15, -0.1) is 0 Å². The summed E-state index contributed by atoms with van der Waals surface area (Å²) >= 11 is 22.6. The lowest BCUT2D eigenvalue weighted by Crippen LogP contribution is -2.10. The number of phenolic OH excluding ortho intramolecular Hbond substituents is 2. The number of hydrogen-bond acceptors (Lipinski definition) is 13. The second-order valence-corrected chi connectivity index (χ2v) is 22.1. The molecule has 13 nitrogen and oxygen atoms in total. The van der Waals surface area contributed by atoms with Crippen LogP contribution in [0.2, 0.25) is 0 Å². The average Bonchev–Trinajstić information content (AvgIpc) is 1.70. The van der Waals surface area contributed by atoms with Crippen molar-refractivity contribution in [3.63, 3.8) is 0 Å². The van der Waals surface area contributed by atoms with Gasteiger partial charge >= 0.3 is 11.9 Å². The molecule has 3 unspecified atom stereocenters. The molecule has 0 bridgehead atoms. The standard InChI is InChI=1S/C19H13Br3O4.C19H14Br2O5.C17H12Br2O4/c1-9(20)18-16(12-5-3-4-6-15(12)26-18)17(24)11-7-13(21)19(14(22)8-11)25-10(2)23;1-9(25-10(2)22)19-16(12-5-3-4-6-15(12)26-19)17(23)11-7-13(20)18(24)14(21)8-11;1-8(20)17-14(10-4-2-3-5-13(10)23-17)15(21)9-6-11(18)16(22)12(19)7-9/h3-9H,1-2H3;3-9,24H,1-2H3;2-8,20,22H,1H3/i2*3D,4D,5D,6D;2D,3D,4D,5D. The van der Waals surface area contributed by atoms with Gasteiger partial charge in [-0.05, 0) is 171 Å². The first kappa shape index (κ1) is 42.9. The summed E-state index contributed by atoms with van der Waals surface area (Å²) in [5, 5.41) is 29.6. The van der Waals surface area contributed by atoms with Crippen LogP contribution in [0, 0.1) is 0 Å². The highest BCUT2D eigenvalue weighted by Crippen LogP contribution is 2.41. The van der Waals surface area contributed by atoms with Crippen molar-refractivity contribution in [3.05, 3.63) is 186 Å². The molecule has 3 aromatic heterocycles. The summed E-state index contributed by atoms with van der Waals surface area (Å²) < 4.78 is 125. The van der Waals surface area contributed by atoms with Gasteiger partial charge in [0.2, 0.25) is 0 Å². The van der Waals surface area contributed by atoms with Crippen LogP contribution in [0.5, 0.6) is 17.2 Å². The number of aliphatic hydroxyl groups excluding tert-OH is 1. The molecular weight excluding hydrogens is 1430 g/mol. The van der Waals surface area contributed by atoms with E-state index in [2.05, 4.69) is 112 Å². The molecule has 386 valence electrons. The summed E-state index contributed by atoms with van der Waals surface area (Å²) in [7, 11) is 0. The molecule has 0 amide bonds. The number of carbonyl (C=O) groups is 5. The van der Waals surface area contributed by atoms with E-state index in [-0.39, 0.29) is 131 Å². The monoisotopic (exact) mass is 1470 g/mol. The molecule has 3 N–H and O–H groups in total. The zero-order valence-electron chi connectivity index (χ0n) is 50.8. The van der Waals surface area contributed by atoms with Crippen molar-refractivity contribution in [1.29, 1.82) is 0 Å². The second kappa shape index (κ2) is 24.4. The van der Waals surface area contributed by atoms with Gasteiger partial charge in [-0.25, -0.2) is 0 Å². The fourth-order valence-corrected chi connectivity index (χ4v) is 11.2. The molecular formula is C55H39Br7O13. The van der Waals surface area contributed by atoms with Crippen LogP contribution in [0.25, 0.3) is 32.9 Å². The molecule has 0 fully saturated rings. The number of aromatic hydroxyl groups is 2. The summed E-state index contributed by atoms with van der Waals surface area (Å²) in [6, 6.07) is 3.03. The summed E-state index contributed by atoms with van der Waals surface area (Å²) in [5.41, 5.74) is -0.296. The number of ketones is 3. The first-order chi connectivity index (χ1) is 40.5. The molecule has 3 heterocycles. The second-order valence-electron chi connectivity index (χ2n) is 15.6. The SMILES string of the molecule is [2H]c1c([2H])c([2H])c2c(C(=O)c3cc(Br)c(O)c(Br)c3)c(C(C)O)oc2c1[2H].[2H]c1c([2H])c([2H])c2c(C(=O)c3cc(Br)c(O)c(Br)c3)c(C(C)OC(C)=O)oc2c1[2H].[2H]c1c([2H])c([2H])c2c(C(=O)c3cc(Br)c(OC(C)=O)c(Br)c3)c(C(C)Br)oc2c1[2H]. The molecule has 0 saturated heterocycles. The van der Waals surface area contributed by atoms with Crippen molar-refractivity contribution in [2.45, 2.75) is 51.7 Å². The van der Waals surface area contributed by atoms with Crippen LogP contribution >= 0.6 is 112 Å². The number of halogens is 7. The molecule has 0 aliphatic heterocycles. The number of carbonyl (C=O) groups excluding carboxylic acids is 5. The number of furan rings is 3. The third-order valence-electron chi connectivity index (χ3n) is 10.3. The van der Waals surface area contributed by atoms with Crippen LogP contribution in [-0.2, 0) is 14.3 Å². The number of esters is 2. The molecule has 6 aromatic carbocycles. The summed E-state index contributed by atoms with van der Waals surface area (Å²) in [4.78, 5) is 62.4. The van der Waals surface area contributed by atoms with Crippen molar-refractivity contribution < 1.29 is 78.5 Å². The number of ether oxygens (including phenoxy) is 2. The van der Waals surface area contributed by atoms with E-state index >= 15 is 0 Å². The van der Waals surface area contributed by atoms with Gasteiger partial charge in [0, 0.05) is 46.7 Å². The largest absolute Gasteiger partial charge is 0.506 e. The van der Waals surface area contributed by atoms with E-state index in [1.807, 2.05) is 0 Å². The van der Waals surface area contributed by atoms with E-state index in [4.69, 9.17) is 39.2 Å². The van der Waals surface area contributed by atoms with Gasteiger partial charge in [0.25, 0.3) is 0 Å². The Kier molecular flexibility index (Phi) is 14.0. The predicted molar refractivity (Wildman–Crippen MR) is 307 cm³/mol. The molecule has 75 heavy (non-hydrogen) atoms. The van der Waals surface area contributed by atoms with E-state index in [0.717, 1.165) is 0 Å². The Bertz CT molecular complexity index is 4360. The molecule has 0 saturated carbocycles. The number of alkyl halides is 1. The summed E-state index contributed by atoms with van der Waals surface area (Å²) in [6.45, 7) is 7.00. The first-order valence-electron chi connectivity index (χ1n) is 27.2. The van der Waals surface area contributed by atoms with E-state index in [1.165, 1.54) is 64.1 Å². The minimum atomic E-state index is -1.22. The van der Waals surface area contributed by atoms with Gasteiger partial charge in [-0.2, -0.15) is 0 Å². The lowest BCUT2D eigenvalue weighted by atomic mass is 9.98. The smallest absolute Gasteiger partial charge is 0.308 e. The molecule has 0 aliphatic rings. The van der Waals surface area contributed by atoms with Gasteiger partial charge in [-0.3, -0.25) is 24.0 Å². The van der Waals surface area contributed by atoms with E-state index in [0.29, 0.717) is 8.95 Å². The fourth-order valence-electron chi connectivity index (χ4n) is 7.11. The van der Waals surface area contributed by atoms with Gasteiger partial charge in [-0.1, -0.05) is 70.3 Å². The number of phenols is 2. The zero-order valence-corrected chi connectivity index (χ0v) is 49.9. The Morgan fingerprint density at radius 2 is 0.827 bits per heavy atom. The third-order valence-corrected chi connectivity index (χ3v) is 14.3. The number of fused-ring (bicyclic) bond motifs is 3. The number of para-hydroxylation sites is 3. The molecule has 9 aromatic rings. The lowest BCUT2D eigenvalue weighted by molar-refractivity contribution is -0.146. The van der Waals surface area contributed by atoms with Crippen molar-refractivity contribution in [3.8, 4) is 17.2 Å². The average molecular weight is 1480 g/mol. The van der Waals surface area contributed by atoms with Crippen LogP contribution in [0.4, 0.5) is 0 Å². The number of rotatable bonds is 11. The van der Waals surface area contributed by atoms with E-state index in [9.17, 15) is 39.3 Å². The normalized spacial score (nSPS) is 14.5. The summed E-state index contributed by atoms with van der Waals surface area (Å²) in [5.74, 6) is -2.95. The number of benzene rings is 6. The Hall–Kier alpha value is -5.19. The predicted octanol–water partition coefficient (Wildman–Crippen LogP) is 17.0. The van der Waals surface area contributed by atoms with E-state index in [1.54, 1.807) is 6.92 Å². The zero-order chi connectivity index (χ0) is 65.2. The van der Waals surface area contributed by atoms with Gasteiger partial charge in [0.15, 0.2) is 35.0 Å². The molecule has 0 radical (unpaired) electrons. The molecule has 9 rings (SSSR count). The van der Waals surface area contributed by atoms with Crippen molar-refractivity contribution in [2.75, 3.05) is 0 Å². The van der Waals surface area contributed by atoms with Crippen LogP contribution in [0.1, 0.15) is 133 Å². The van der Waals surface area contributed by atoms with Crippen LogP contribution < -0.4 is 4.74 Å². The fraction of sp³-hybridized carbons (Fsp3) is 0.145. The van der Waals surface area contributed by atoms with Crippen molar-refractivity contribution in [1.82, 2.24) is 0 Å². The highest BCUT2D eigenvalue weighted by molar-refractivity contribution is 9.12. The number of hydrogen-bond donors (Lipinski definition) is 3. The van der Waals surface area contributed by atoms with Crippen LogP contribution in [0.3, 0.4) is 0 Å². The Morgan fingerprint density at radius 1 is 0.507 bits per heavy atom. The van der Waals surface area contributed by atoms with Crippen molar-refractivity contribution in [2.24, 2.45) is 0 Å². The van der Waals surface area contributed by atoms with Gasteiger partial charge < -0.3 is 38.0 Å². The highest BCUT2D eigenvalue weighted by Gasteiger charge is 2.30. The van der Waals surface area contributed by atoms with Crippen LogP contribution in [-0.4, -0.2) is 44.6 Å². The Balaban J connectivity index is 0.000000187. The van der Waals surface area contributed by atoms with Crippen LogP contribution in [0.15, 0.2) is 149 Å². The third kappa shape index (κ3) is 12.7. The quantitative estimate of drug-likeness (QED) is 0.0478. The molecule has 3 atom stereocenters. The lowest BCUT2D eigenvalue weighted by Gasteiger charge is -2.11. The Labute approximate surface area is 503 Å². The molecule has 20 heteroatoms. The van der Waals surface area contributed by atoms with Gasteiger partial charge in [0.1, 0.15) is 45.9 Å². The minimum Gasteiger partial charge on any atom is -0.506 e. The minimum absolute atomic E-state index is 0.0172. The van der Waals surface area contributed by atoms with Crippen molar-refractivity contribution >= 4 is 174 Å². The summed E-state index contributed by atoms with van der Waals surface area (Å²) in [6.07, 6.45) is -2.25. The maximum Gasteiger partial charge on any atom is 0.308 e. The topological polar surface area (TPSA) is 204 Å². The maximum absolute atomic E-state index is 13.5. The Morgan fingerprint density at radius 3 is 1.17 bits per heavy atom. The van der Waals surface area contributed by atoms with E-state index < -0.39 is 107 Å². The highest BCUT2D eigenvalue weighted by atomic mass is 79.9. The maximum atomic E-state index is 13.5. The number of aliphatic hydroxyl groups is 1. The van der Waals surface area contributed by atoms with Gasteiger partial charge in [0.05, 0.1) is 64.8 Å². The first-order valence-corrected chi connectivity index (χ1v) is 26.9. The molecule has 0 aliphatic carbocycles. The molecule has 0 spiro atoms.